The molecule has 0 aromatic carbocycles. The van der Waals surface area contributed by atoms with E-state index in [1.807, 2.05) is 0 Å². The fourth-order valence-electron chi connectivity index (χ4n) is 0. The minimum Gasteiger partial charge on any atom is -0.652 e. The van der Waals surface area contributed by atoms with Gasteiger partial charge in [-0.3, -0.25) is 0 Å². The maximum atomic E-state index is 8.33. The molecule has 0 amide bonds. The first-order valence-electron chi connectivity index (χ1n) is 1.22. The van der Waals surface area contributed by atoms with Crippen LogP contribution >= 0.6 is 0 Å². The van der Waals surface area contributed by atoms with Crippen LogP contribution in [0.2, 0.25) is 0 Å². The second-order valence-electron chi connectivity index (χ2n) is 0.500. The Morgan fingerprint density at radius 2 is 0.700 bits per heavy atom. The Bertz CT molecular complexity index is 71.7. The van der Waals surface area contributed by atoms with Crippen molar-refractivity contribution in [1.29, 1.82) is 0 Å². The van der Waals surface area contributed by atoms with Crippen LogP contribution in [0.1, 0.15) is 0 Å². The molecule has 0 unspecified atom stereocenters. The Balaban J connectivity index is -0.0000000300. The van der Waals surface area contributed by atoms with E-state index in [9.17, 15) is 0 Å². The number of rotatable bonds is 0. The second-order valence-corrected chi connectivity index (χ2v) is 0.500. The van der Waals surface area contributed by atoms with Crippen molar-refractivity contribution in [3.05, 3.63) is 0 Å². The third kappa shape index (κ3) is 1660. The minimum atomic E-state index is -2.33. The Morgan fingerprint density at radius 3 is 0.700 bits per heavy atom. The first-order valence-corrected chi connectivity index (χ1v) is 1.22. The largest absolute Gasteiger partial charge is 1.00 e. The summed E-state index contributed by atoms with van der Waals surface area (Å²) < 4.78 is 0. The van der Waals surface area contributed by atoms with Crippen molar-refractivity contribution >= 4 is 12.3 Å². The van der Waals surface area contributed by atoms with E-state index in [-0.39, 0.29) is 59.1 Å². The van der Waals surface area contributed by atoms with Crippen LogP contribution in [0.15, 0.2) is 0 Å². The summed E-state index contributed by atoms with van der Waals surface area (Å²) in [6.45, 7) is 0. The summed E-state index contributed by atoms with van der Waals surface area (Å²) in [6, 6.07) is 0. The zero-order valence-corrected chi connectivity index (χ0v) is 9.45. The summed E-state index contributed by atoms with van der Waals surface area (Å²) >= 11 is 0. The van der Waals surface area contributed by atoms with Gasteiger partial charge in [0.1, 0.15) is 0 Å². The maximum absolute atomic E-state index is 8.33. The van der Waals surface area contributed by atoms with Gasteiger partial charge in [0, 0.05) is 0 Å². The van der Waals surface area contributed by atoms with E-state index in [2.05, 4.69) is 0 Å². The Hall–Kier alpha value is 0.540. The van der Waals surface area contributed by atoms with Crippen molar-refractivity contribution in [3.63, 3.8) is 0 Å². The van der Waals surface area contributed by atoms with Crippen LogP contribution in [0.25, 0.3) is 0 Å². The van der Waals surface area contributed by atoms with Gasteiger partial charge >= 0.3 is 59.1 Å². The number of carbonyl (C=O) groups excluding carboxylic acids is 2. The van der Waals surface area contributed by atoms with Crippen molar-refractivity contribution in [3.8, 4) is 0 Å². The minimum absolute atomic E-state index is 0. The molecule has 0 saturated heterocycles. The average molecular weight is 166 g/mol. The molecule has 0 aromatic heterocycles. The Labute approximate surface area is 100 Å². The second kappa shape index (κ2) is 16.3. The van der Waals surface area contributed by atoms with E-state index < -0.39 is 12.3 Å². The molecule has 0 aliphatic heterocycles. The van der Waals surface area contributed by atoms with Gasteiger partial charge in [0.15, 0.2) is 0 Å². The number of hydrogen-bond donors (Lipinski definition) is 0. The van der Waals surface area contributed by atoms with Crippen LogP contribution in [-0.4, -0.2) is 12.3 Å². The van der Waals surface area contributed by atoms with Gasteiger partial charge < -0.3 is 30.0 Å². The van der Waals surface area contributed by atoms with Gasteiger partial charge in [-0.05, 0) is 12.3 Å². The molecule has 0 heterocycles. The van der Waals surface area contributed by atoms with Crippen LogP contribution in [0.5, 0.6) is 0 Å². The first kappa shape index (κ1) is 22.4. The predicted molar refractivity (Wildman–Crippen MR) is 10.8 cm³/mol. The molecule has 0 bridgehead atoms. The zero-order valence-electron chi connectivity index (χ0n) is 5.45. The standard InChI is InChI=1S/2CH2O3.2Na/c2*2-1(3)4;;/h2*(H2,2,3,4);;/q;;2*+1/p-4. The molecule has 0 radical (unpaired) electrons. The average Bonchev–Trinajstić information content (AvgIpc) is 1.25. The molecule has 0 N–H and O–H groups in total. The van der Waals surface area contributed by atoms with Gasteiger partial charge in [-0.25, -0.2) is 0 Å². The van der Waals surface area contributed by atoms with Crippen LogP contribution < -0.4 is 79.5 Å². The molecule has 0 aliphatic rings. The fraction of sp³-hybridized carbons (Fsp3) is 0. The Morgan fingerprint density at radius 1 is 0.700 bits per heavy atom. The summed E-state index contributed by atoms with van der Waals surface area (Å²) in [5, 5.41) is 33.3. The van der Waals surface area contributed by atoms with Gasteiger partial charge in [0.25, 0.3) is 0 Å². The molecule has 0 aromatic rings. The van der Waals surface area contributed by atoms with E-state index in [1.165, 1.54) is 0 Å². The molecule has 0 rings (SSSR count). The molecular weight excluding hydrogens is 166 g/mol. The van der Waals surface area contributed by atoms with E-state index in [1.54, 1.807) is 0 Å². The smallest absolute Gasteiger partial charge is 0.652 e. The molecule has 48 valence electrons. The molecular formula is C2Na2O6-2. The van der Waals surface area contributed by atoms with Gasteiger partial charge in [0.2, 0.25) is 0 Å². The summed E-state index contributed by atoms with van der Waals surface area (Å²) in [5.41, 5.74) is 0. The van der Waals surface area contributed by atoms with E-state index >= 15 is 0 Å². The summed E-state index contributed by atoms with van der Waals surface area (Å²) in [4.78, 5) is 16.7. The molecule has 0 spiro atoms. The maximum Gasteiger partial charge on any atom is 1.00 e. The number of carbonyl (C=O) groups is 2. The van der Waals surface area contributed by atoms with Crippen molar-refractivity contribution in [2.75, 3.05) is 0 Å². The molecule has 8 heteroatoms. The third-order valence-corrected chi connectivity index (χ3v) is 0. The van der Waals surface area contributed by atoms with Crippen LogP contribution in [-0.2, 0) is 0 Å². The number of hydrogen-bond acceptors (Lipinski definition) is 6. The molecule has 10 heavy (non-hydrogen) atoms. The van der Waals surface area contributed by atoms with Gasteiger partial charge in [-0.2, -0.15) is 0 Å². The monoisotopic (exact) mass is 166 g/mol. The van der Waals surface area contributed by atoms with E-state index in [4.69, 9.17) is 30.0 Å². The van der Waals surface area contributed by atoms with Crippen LogP contribution in [0.4, 0.5) is 9.59 Å². The molecule has 6 nitrogen and oxygen atoms in total. The van der Waals surface area contributed by atoms with Gasteiger partial charge in [0.05, 0.1) is 0 Å². The van der Waals surface area contributed by atoms with Crippen molar-refractivity contribution < 1.29 is 89.1 Å². The third-order valence-electron chi connectivity index (χ3n) is 0. The predicted octanol–water partition coefficient (Wildman–Crippen LogP) is -10.9. The summed E-state index contributed by atoms with van der Waals surface area (Å²) in [6.07, 6.45) is -4.67. The van der Waals surface area contributed by atoms with Crippen molar-refractivity contribution in [1.82, 2.24) is 0 Å². The summed E-state index contributed by atoms with van der Waals surface area (Å²) in [7, 11) is 0. The molecule has 0 aliphatic carbocycles. The zero-order chi connectivity index (χ0) is 7.15. The van der Waals surface area contributed by atoms with Crippen molar-refractivity contribution in [2.24, 2.45) is 0 Å². The molecule has 0 saturated carbocycles. The number of carboxylic acid groups (broad SMARTS) is 4. The SMILES string of the molecule is O=C([O-])[O-].O=C([O-])[O-].[Na+].[Na+]. The van der Waals surface area contributed by atoms with Gasteiger partial charge in [-0.1, -0.05) is 0 Å². The topological polar surface area (TPSA) is 126 Å². The summed E-state index contributed by atoms with van der Waals surface area (Å²) in [5.74, 6) is 0. The van der Waals surface area contributed by atoms with E-state index in [0.717, 1.165) is 0 Å². The van der Waals surface area contributed by atoms with E-state index in [0.29, 0.717) is 0 Å². The first-order chi connectivity index (χ1) is 3.46. The quantitative estimate of drug-likeness (QED) is 0.329. The Kier molecular flexibility index (Phi) is 36.5. The normalized spacial score (nSPS) is 4.80. The van der Waals surface area contributed by atoms with Gasteiger partial charge in [-0.15, -0.1) is 0 Å². The van der Waals surface area contributed by atoms with Crippen molar-refractivity contribution in [2.45, 2.75) is 0 Å². The molecule has 0 fully saturated rings. The van der Waals surface area contributed by atoms with Crippen LogP contribution in [0, 0.1) is 0 Å². The van der Waals surface area contributed by atoms with Crippen LogP contribution in [0.3, 0.4) is 0 Å². The fourth-order valence-corrected chi connectivity index (χ4v) is 0. The molecule has 0 atom stereocenters.